The molecule has 38 heavy (non-hydrogen) atoms. The van der Waals surface area contributed by atoms with Crippen LogP contribution in [0.25, 0.3) is 10.8 Å². The fourth-order valence-corrected chi connectivity index (χ4v) is 6.11. The molecule has 202 valence electrons. The molecule has 3 aromatic rings. The van der Waals surface area contributed by atoms with E-state index in [1.807, 2.05) is 24.3 Å². The number of benzene rings is 3. The smallest absolute Gasteiger partial charge is 0.134 e. The molecule has 0 aliphatic heterocycles. The molecule has 0 amide bonds. The van der Waals surface area contributed by atoms with Crippen LogP contribution in [0.5, 0.6) is 0 Å². The van der Waals surface area contributed by atoms with Gasteiger partial charge in [0.1, 0.15) is 5.82 Å². The van der Waals surface area contributed by atoms with Gasteiger partial charge >= 0.3 is 0 Å². The van der Waals surface area contributed by atoms with Gasteiger partial charge in [-0.25, -0.2) is 4.39 Å². The number of aryl methyl sites for hydroxylation is 2. The Morgan fingerprint density at radius 1 is 0.658 bits per heavy atom. The monoisotopic (exact) mass is 510 g/mol. The first kappa shape index (κ1) is 28.4. The fraction of sp³-hybridized carbons (Fsp3) is 0.514. The lowest BCUT2D eigenvalue weighted by molar-refractivity contribution is 0.249. The quantitative estimate of drug-likeness (QED) is 0.168. The van der Waals surface area contributed by atoms with Gasteiger partial charge in [0.2, 0.25) is 0 Å². The first-order valence-electron chi connectivity index (χ1n) is 15.5. The van der Waals surface area contributed by atoms with Crippen molar-refractivity contribution in [3.63, 3.8) is 0 Å². The summed E-state index contributed by atoms with van der Waals surface area (Å²) in [5, 5.41) is 1.66. The van der Waals surface area contributed by atoms with Crippen molar-refractivity contribution >= 4 is 10.8 Å². The van der Waals surface area contributed by atoms with E-state index in [4.69, 9.17) is 0 Å². The van der Waals surface area contributed by atoms with Crippen molar-refractivity contribution < 1.29 is 4.39 Å². The van der Waals surface area contributed by atoms with Gasteiger partial charge in [-0.1, -0.05) is 127 Å². The van der Waals surface area contributed by atoms with Crippen LogP contribution in [0.3, 0.4) is 0 Å². The van der Waals surface area contributed by atoms with E-state index in [9.17, 15) is 0 Å². The van der Waals surface area contributed by atoms with Crippen molar-refractivity contribution in [3.05, 3.63) is 82.7 Å². The minimum Gasteiger partial charge on any atom is -0.206 e. The van der Waals surface area contributed by atoms with Crippen LogP contribution < -0.4 is 0 Å². The average Bonchev–Trinajstić information content (AvgIpc) is 2.95. The van der Waals surface area contributed by atoms with E-state index in [0.717, 1.165) is 58.6 Å². The van der Waals surface area contributed by atoms with Gasteiger partial charge < -0.3 is 0 Å². The number of unbranched alkanes of at least 4 members (excludes halogenated alkanes) is 5. The molecule has 1 aliphatic carbocycles. The molecule has 0 nitrogen and oxygen atoms in total. The highest BCUT2D eigenvalue weighted by Crippen LogP contribution is 2.35. The van der Waals surface area contributed by atoms with Gasteiger partial charge in [0.15, 0.2) is 0 Å². The van der Waals surface area contributed by atoms with Crippen molar-refractivity contribution in [2.75, 3.05) is 0 Å². The van der Waals surface area contributed by atoms with Crippen molar-refractivity contribution in [1.82, 2.24) is 0 Å². The zero-order valence-corrected chi connectivity index (χ0v) is 23.8. The first-order chi connectivity index (χ1) is 18.7. The highest BCUT2D eigenvalue weighted by Gasteiger charge is 2.21. The Labute approximate surface area is 231 Å². The maximum absolute atomic E-state index is 15.4. The van der Waals surface area contributed by atoms with Crippen LogP contribution in [0.15, 0.2) is 54.6 Å². The van der Waals surface area contributed by atoms with Crippen molar-refractivity contribution in [1.29, 1.82) is 0 Å². The van der Waals surface area contributed by atoms with Crippen LogP contribution in [0.2, 0.25) is 0 Å². The molecule has 0 heterocycles. The zero-order valence-electron chi connectivity index (χ0n) is 23.8. The molecule has 1 aliphatic rings. The largest absolute Gasteiger partial charge is 0.206 e. The summed E-state index contributed by atoms with van der Waals surface area (Å²) < 4.78 is 15.4. The van der Waals surface area contributed by atoms with E-state index in [1.165, 1.54) is 82.6 Å². The van der Waals surface area contributed by atoms with Crippen LogP contribution in [0.4, 0.5) is 4.39 Å². The number of rotatable bonds is 12. The standard InChI is InChI=1S/C37H47F/c1-3-5-7-9-11-30-12-16-31(17-13-30)20-21-33-23-27-36-35(28-33)26-25-34(37(36)38)24-22-32-18-14-29(15-19-32)10-8-6-4-2/h12-13,16-17,23,25-29,32H,3-11,14-15,18-19,22,24H2,1-2H3. The van der Waals surface area contributed by atoms with Crippen LogP contribution >= 0.6 is 0 Å². The van der Waals surface area contributed by atoms with E-state index in [-0.39, 0.29) is 5.82 Å². The SMILES string of the molecule is CCCCCCc1ccc(C#Cc2ccc3c(F)c(CCC4CCC(CCCCC)CC4)ccc3c2)cc1. The van der Waals surface area contributed by atoms with Gasteiger partial charge in [-0.15, -0.1) is 0 Å². The predicted molar refractivity (Wildman–Crippen MR) is 162 cm³/mol. The van der Waals surface area contributed by atoms with E-state index in [2.05, 4.69) is 56.0 Å². The molecule has 1 saturated carbocycles. The Balaban J connectivity index is 1.30. The third-order valence-corrected chi connectivity index (χ3v) is 8.66. The molecule has 4 rings (SSSR count). The molecule has 1 fully saturated rings. The third kappa shape index (κ3) is 8.46. The Morgan fingerprint density at radius 2 is 1.32 bits per heavy atom. The summed E-state index contributed by atoms with van der Waals surface area (Å²) in [5.41, 5.74) is 4.22. The van der Waals surface area contributed by atoms with E-state index in [0.29, 0.717) is 0 Å². The minimum absolute atomic E-state index is 0.0372. The maximum atomic E-state index is 15.4. The second-order valence-corrected chi connectivity index (χ2v) is 11.7. The summed E-state index contributed by atoms with van der Waals surface area (Å²) in [7, 11) is 0. The second-order valence-electron chi connectivity index (χ2n) is 11.7. The Bertz CT molecular complexity index is 1190. The van der Waals surface area contributed by atoms with Crippen molar-refractivity contribution in [2.24, 2.45) is 11.8 Å². The van der Waals surface area contributed by atoms with Crippen LogP contribution in [-0.2, 0) is 12.8 Å². The summed E-state index contributed by atoms with van der Waals surface area (Å²) in [5.74, 6) is 8.23. The van der Waals surface area contributed by atoms with E-state index < -0.39 is 0 Å². The van der Waals surface area contributed by atoms with Gasteiger partial charge in [0.05, 0.1) is 0 Å². The van der Waals surface area contributed by atoms with Gasteiger partial charge in [-0.05, 0) is 78.3 Å². The fourth-order valence-electron chi connectivity index (χ4n) is 6.11. The Kier molecular flexibility index (Phi) is 11.3. The van der Waals surface area contributed by atoms with Crippen LogP contribution in [-0.4, -0.2) is 0 Å². The molecule has 1 heteroatoms. The lowest BCUT2D eigenvalue weighted by Crippen LogP contribution is -2.15. The topological polar surface area (TPSA) is 0 Å². The lowest BCUT2D eigenvalue weighted by Gasteiger charge is -2.28. The Hall–Kier alpha value is -2.59. The van der Waals surface area contributed by atoms with E-state index >= 15 is 4.39 Å². The van der Waals surface area contributed by atoms with Crippen LogP contribution in [0.1, 0.15) is 120 Å². The summed E-state index contributed by atoms with van der Waals surface area (Å²) in [4.78, 5) is 0. The zero-order chi connectivity index (χ0) is 26.6. The molecular formula is C37H47F. The summed E-state index contributed by atoms with van der Waals surface area (Å²) in [6, 6.07) is 18.6. The van der Waals surface area contributed by atoms with E-state index in [1.54, 1.807) is 0 Å². The highest BCUT2D eigenvalue weighted by molar-refractivity contribution is 5.85. The van der Waals surface area contributed by atoms with Crippen molar-refractivity contribution in [2.45, 2.75) is 110 Å². The lowest BCUT2D eigenvalue weighted by atomic mass is 9.77. The van der Waals surface area contributed by atoms with Gasteiger partial charge in [0, 0.05) is 16.5 Å². The number of halogens is 1. The molecule has 0 atom stereocenters. The predicted octanol–water partition coefficient (Wildman–Crippen LogP) is 10.8. The summed E-state index contributed by atoms with van der Waals surface area (Å²) in [6.45, 7) is 4.53. The number of hydrogen-bond acceptors (Lipinski definition) is 0. The molecule has 3 aromatic carbocycles. The third-order valence-electron chi connectivity index (χ3n) is 8.66. The summed E-state index contributed by atoms with van der Waals surface area (Å²) >= 11 is 0. The van der Waals surface area contributed by atoms with Gasteiger partial charge in [0.25, 0.3) is 0 Å². The molecule has 0 N–H and O–H groups in total. The maximum Gasteiger partial charge on any atom is 0.134 e. The first-order valence-corrected chi connectivity index (χ1v) is 15.5. The molecule has 0 unspecified atom stereocenters. The van der Waals surface area contributed by atoms with Crippen LogP contribution in [0, 0.1) is 29.5 Å². The molecule has 0 radical (unpaired) electrons. The second kappa shape index (κ2) is 15.1. The van der Waals surface area contributed by atoms with Gasteiger partial charge in [-0.2, -0.15) is 0 Å². The molecular weight excluding hydrogens is 463 g/mol. The minimum atomic E-state index is -0.0372. The summed E-state index contributed by atoms with van der Waals surface area (Å²) in [6.07, 6.45) is 19.2. The number of hydrogen-bond donors (Lipinski definition) is 0. The molecule has 0 spiro atoms. The molecule has 0 saturated heterocycles. The van der Waals surface area contributed by atoms with Gasteiger partial charge in [-0.3, -0.25) is 0 Å². The average molecular weight is 511 g/mol. The molecule has 0 bridgehead atoms. The molecule has 0 aromatic heterocycles. The van der Waals surface area contributed by atoms with Crippen molar-refractivity contribution in [3.8, 4) is 11.8 Å². The number of fused-ring (bicyclic) bond motifs is 1. The Morgan fingerprint density at radius 3 is 2.05 bits per heavy atom. The highest BCUT2D eigenvalue weighted by atomic mass is 19.1. The normalized spacial score (nSPS) is 17.3.